The fraction of sp³-hybridized carbons (Fsp3) is 0.176. The van der Waals surface area contributed by atoms with Crippen LogP contribution < -0.4 is 15.4 Å². The molecule has 0 saturated heterocycles. The third kappa shape index (κ3) is 4.77. The van der Waals surface area contributed by atoms with Crippen LogP contribution in [-0.2, 0) is 16.1 Å². The summed E-state index contributed by atoms with van der Waals surface area (Å²) in [7, 11) is 1.53. The van der Waals surface area contributed by atoms with Gasteiger partial charge in [0.05, 0.1) is 12.0 Å². The highest BCUT2D eigenvalue weighted by Gasteiger charge is 2.20. The lowest BCUT2D eigenvalue weighted by Crippen LogP contribution is -2.35. The molecule has 2 rings (SSSR count). The summed E-state index contributed by atoms with van der Waals surface area (Å²) in [5.74, 6) is -1.24. The highest BCUT2D eigenvalue weighted by atomic mass is 16.6. The number of methoxy groups -OCH3 is 1. The second-order valence-corrected chi connectivity index (χ2v) is 5.27. The van der Waals surface area contributed by atoms with Crippen molar-refractivity contribution in [3.63, 3.8) is 0 Å². The minimum absolute atomic E-state index is 0.0304. The minimum atomic E-state index is -0.977. The molecule has 0 unspecified atom stereocenters. The molecule has 8 heteroatoms. The number of anilines is 1. The number of hydrogen-bond acceptors (Lipinski definition) is 5. The number of benzene rings is 2. The van der Waals surface area contributed by atoms with E-state index in [9.17, 15) is 19.7 Å². The van der Waals surface area contributed by atoms with Gasteiger partial charge in [-0.2, -0.15) is 0 Å². The van der Waals surface area contributed by atoms with Crippen LogP contribution in [0.25, 0.3) is 0 Å². The molecule has 2 N–H and O–H groups in total. The van der Waals surface area contributed by atoms with Crippen LogP contribution in [0, 0.1) is 17.0 Å². The molecule has 0 spiro atoms. The van der Waals surface area contributed by atoms with Gasteiger partial charge >= 0.3 is 11.8 Å². The molecule has 2 aromatic carbocycles. The van der Waals surface area contributed by atoms with Crippen molar-refractivity contribution in [1.82, 2.24) is 5.32 Å². The lowest BCUT2D eigenvalue weighted by molar-refractivity contribution is -0.384. The van der Waals surface area contributed by atoms with Crippen LogP contribution in [0.2, 0.25) is 0 Å². The molecule has 0 saturated carbocycles. The average molecular weight is 343 g/mol. The molecule has 2 amide bonds. The molecule has 0 bridgehead atoms. The Morgan fingerprint density at radius 3 is 2.60 bits per heavy atom. The molecule has 130 valence electrons. The summed E-state index contributed by atoms with van der Waals surface area (Å²) < 4.78 is 5.08. The number of aryl methyl sites for hydroxylation is 1. The second kappa shape index (κ2) is 7.91. The van der Waals surface area contributed by atoms with E-state index in [4.69, 9.17) is 4.74 Å². The smallest absolute Gasteiger partial charge is 0.313 e. The lowest BCUT2D eigenvalue weighted by Gasteiger charge is -2.08. The monoisotopic (exact) mass is 343 g/mol. The van der Waals surface area contributed by atoms with Gasteiger partial charge < -0.3 is 15.4 Å². The maximum Gasteiger partial charge on any atom is 0.313 e. The van der Waals surface area contributed by atoms with Gasteiger partial charge in [0.1, 0.15) is 11.4 Å². The Labute approximate surface area is 144 Å². The SMILES string of the molecule is COc1cccc(CNC(=O)C(=O)Nc2ccc(C)cc2[N+](=O)[O-])c1. The van der Waals surface area contributed by atoms with E-state index in [2.05, 4.69) is 10.6 Å². The van der Waals surface area contributed by atoms with Gasteiger partial charge in [-0.3, -0.25) is 19.7 Å². The molecule has 25 heavy (non-hydrogen) atoms. The minimum Gasteiger partial charge on any atom is -0.497 e. The second-order valence-electron chi connectivity index (χ2n) is 5.27. The summed E-state index contributed by atoms with van der Waals surface area (Å²) in [5, 5.41) is 15.8. The highest BCUT2D eigenvalue weighted by Crippen LogP contribution is 2.25. The number of hydrogen-bond donors (Lipinski definition) is 2. The summed E-state index contributed by atoms with van der Waals surface area (Å²) in [6.07, 6.45) is 0. The average Bonchev–Trinajstić information content (AvgIpc) is 2.61. The molecule has 8 nitrogen and oxygen atoms in total. The fourth-order valence-corrected chi connectivity index (χ4v) is 2.12. The summed E-state index contributed by atoms with van der Waals surface area (Å²) in [5.41, 5.74) is 1.13. The van der Waals surface area contributed by atoms with Crippen LogP contribution in [0.5, 0.6) is 5.75 Å². The van der Waals surface area contributed by atoms with Crippen molar-refractivity contribution >= 4 is 23.2 Å². The van der Waals surface area contributed by atoms with E-state index in [1.54, 1.807) is 37.3 Å². The first-order valence-corrected chi connectivity index (χ1v) is 7.38. The molecule has 0 aliphatic rings. The van der Waals surface area contributed by atoms with Gasteiger partial charge in [0.2, 0.25) is 0 Å². The Hall–Kier alpha value is -3.42. The third-order valence-corrected chi connectivity index (χ3v) is 3.39. The normalized spacial score (nSPS) is 10.0. The van der Waals surface area contributed by atoms with Crippen molar-refractivity contribution < 1.29 is 19.2 Å². The van der Waals surface area contributed by atoms with Crippen molar-refractivity contribution in [1.29, 1.82) is 0 Å². The topological polar surface area (TPSA) is 111 Å². The van der Waals surface area contributed by atoms with Crippen molar-refractivity contribution in [2.75, 3.05) is 12.4 Å². The third-order valence-electron chi connectivity index (χ3n) is 3.39. The molecule has 0 aromatic heterocycles. The molecule has 0 fully saturated rings. The summed E-state index contributed by atoms with van der Waals surface area (Å²) in [6, 6.07) is 11.3. The first kappa shape index (κ1) is 17.9. The van der Waals surface area contributed by atoms with Gasteiger partial charge in [-0.15, -0.1) is 0 Å². The molecule has 0 atom stereocenters. The Morgan fingerprint density at radius 2 is 1.92 bits per heavy atom. The van der Waals surface area contributed by atoms with Crippen LogP contribution in [0.15, 0.2) is 42.5 Å². The molecule has 0 aliphatic heterocycles. The van der Waals surface area contributed by atoms with E-state index >= 15 is 0 Å². The Balaban J connectivity index is 2.01. The van der Waals surface area contributed by atoms with E-state index < -0.39 is 16.7 Å². The van der Waals surface area contributed by atoms with E-state index in [0.717, 1.165) is 5.56 Å². The van der Waals surface area contributed by atoms with E-state index in [1.807, 2.05) is 0 Å². The van der Waals surface area contributed by atoms with Crippen molar-refractivity contribution in [3.05, 3.63) is 63.7 Å². The Bertz CT molecular complexity index is 820. The molecular formula is C17H17N3O5. The van der Waals surface area contributed by atoms with Gasteiger partial charge in [0.25, 0.3) is 5.69 Å². The van der Waals surface area contributed by atoms with E-state index in [1.165, 1.54) is 19.2 Å². The zero-order valence-electron chi connectivity index (χ0n) is 13.7. The van der Waals surface area contributed by atoms with Gasteiger partial charge in [-0.05, 0) is 36.2 Å². The standard InChI is InChI=1S/C17H17N3O5/c1-11-6-7-14(15(8-11)20(23)24)19-17(22)16(21)18-10-12-4-3-5-13(9-12)25-2/h3-9H,10H2,1-2H3,(H,18,21)(H,19,22). The summed E-state index contributed by atoms with van der Waals surface area (Å²) in [6.45, 7) is 1.82. The number of nitrogens with zero attached hydrogens (tertiary/aromatic N) is 1. The first-order valence-electron chi connectivity index (χ1n) is 7.38. The fourth-order valence-electron chi connectivity index (χ4n) is 2.12. The number of carbonyl (C=O) groups is 2. The maximum atomic E-state index is 11.9. The van der Waals surface area contributed by atoms with Crippen molar-refractivity contribution in [2.45, 2.75) is 13.5 Å². The number of nitrogens with one attached hydrogen (secondary N) is 2. The quantitative estimate of drug-likeness (QED) is 0.491. The molecular weight excluding hydrogens is 326 g/mol. The number of nitro groups is 1. The molecule has 0 aliphatic carbocycles. The number of rotatable bonds is 5. The molecule has 0 radical (unpaired) electrons. The predicted octanol–water partition coefficient (Wildman–Crippen LogP) is 2.17. The van der Waals surface area contributed by atoms with Gasteiger partial charge in [0, 0.05) is 12.6 Å². The Kier molecular flexibility index (Phi) is 5.67. The number of ether oxygens (including phenoxy) is 1. The van der Waals surface area contributed by atoms with E-state index in [-0.39, 0.29) is 17.9 Å². The van der Waals surface area contributed by atoms with Crippen LogP contribution in [0.4, 0.5) is 11.4 Å². The summed E-state index contributed by atoms with van der Waals surface area (Å²) in [4.78, 5) is 34.3. The lowest BCUT2D eigenvalue weighted by atomic mass is 10.2. The van der Waals surface area contributed by atoms with Crippen LogP contribution in [-0.4, -0.2) is 23.8 Å². The zero-order chi connectivity index (χ0) is 18.4. The van der Waals surface area contributed by atoms with Crippen molar-refractivity contribution in [3.8, 4) is 5.75 Å². The maximum absolute atomic E-state index is 11.9. The van der Waals surface area contributed by atoms with Crippen LogP contribution in [0.1, 0.15) is 11.1 Å². The van der Waals surface area contributed by atoms with Crippen molar-refractivity contribution in [2.24, 2.45) is 0 Å². The zero-order valence-corrected chi connectivity index (χ0v) is 13.7. The largest absolute Gasteiger partial charge is 0.497 e. The van der Waals surface area contributed by atoms with Gasteiger partial charge in [-0.1, -0.05) is 18.2 Å². The van der Waals surface area contributed by atoms with Gasteiger partial charge in [0.15, 0.2) is 0 Å². The first-order chi connectivity index (χ1) is 11.9. The van der Waals surface area contributed by atoms with Gasteiger partial charge in [-0.25, -0.2) is 0 Å². The number of nitro benzene ring substituents is 1. The van der Waals surface area contributed by atoms with Crippen LogP contribution in [0.3, 0.4) is 0 Å². The number of carbonyl (C=O) groups excluding carboxylic acids is 2. The van der Waals surface area contributed by atoms with Crippen LogP contribution >= 0.6 is 0 Å². The number of amides is 2. The molecule has 2 aromatic rings. The molecule has 0 heterocycles. The summed E-state index contributed by atoms with van der Waals surface area (Å²) >= 11 is 0. The van der Waals surface area contributed by atoms with E-state index in [0.29, 0.717) is 11.3 Å². The predicted molar refractivity (Wildman–Crippen MR) is 91.3 cm³/mol. The Morgan fingerprint density at radius 1 is 1.16 bits per heavy atom. The highest BCUT2D eigenvalue weighted by molar-refractivity contribution is 6.39.